The number of carbonyl (C=O) groups is 2. The standard InChI is InChI=1S/C18H21N5O2/c1-13-11-19-12-16(20-13)18(25)21-15-5-3-4-6-17(15)23-9-7-22(8-10-23)14(2)24/h3-6,11-12H,7-10H2,1-2H3,(H,21,25). The molecule has 0 bridgehead atoms. The first kappa shape index (κ1) is 16.9. The van der Waals surface area contributed by atoms with E-state index in [1.54, 1.807) is 20.0 Å². The molecule has 1 saturated heterocycles. The first-order chi connectivity index (χ1) is 12.0. The molecule has 7 heteroatoms. The van der Waals surface area contributed by atoms with E-state index in [1.165, 1.54) is 6.20 Å². The molecule has 0 unspecified atom stereocenters. The van der Waals surface area contributed by atoms with Crippen LogP contribution in [0.25, 0.3) is 0 Å². The average molecular weight is 339 g/mol. The van der Waals surface area contributed by atoms with Gasteiger partial charge in [-0.05, 0) is 19.1 Å². The number of carbonyl (C=O) groups excluding carboxylic acids is 2. The fraction of sp³-hybridized carbons (Fsp3) is 0.333. The zero-order chi connectivity index (χ0) is 17.8. The number of rotatable bonds is 3. The average Bonchev–Trinajstić information content (AvgIpc) is 2.62. The van der Waals surface area contributed by atoms with Gasteiger partial charge in [-0.3, -0.25) is 14.6 Å². The van der Waals surface area contributed by atoms with Gasteiger partial charge in [0, 0.05) is 39.3 Å². The molecule has 2 heterocycles. The van der Waals surface area contributed by atoms with Gasteiger partial charge >= 0.3 is 0 Å². The number of anilines is 2. The summed E-state index contributed by atoms with van der Waals surface area (Å²) in [6.45, 7) is 6.22. The molecule has 0 saturated carbocycles. The van der Waals surface area contributed by atoms with E-state index in [4.69, 9.17) is 0 Å². The van der Waals surface area contributed by atoms with Gasteiger partial charge in [0.1, 0.15) is 5.69 Å². The first-order valence-electron chi connectivity index (χ1n) is 8.24. The Labute approximate surface area is 146 Å². The highest BCUT2D eigenvalue weighted by Gasteiger charge is 2.21. The summed E-state index contributed by atoms with van der Waals surface area (Å²) in [5, 5.41) is 2.92. The van der Waals surface area contributed by atoms with Crippen LogP contribution in [0.1, 0.15) is 23.1 Å². The third-order valence-corrected chi connectivity index (χ3v) is 4.21. The highest BCUT2D eigenvalue weighted by Crippen LogP contribution is 2.27. The molecule has 0 spiro atoms. The Morgan fingerprint density at radius 2 is 1.80 bits per heavy atom. The van der Waals surface area contributed by atoms with E-state index in [0.29, 0.717) is 18.8 Å². The van der Waals surface area contributed by atoms with Crippen molar-refractivity contribution in [3.63, 3.8) is 0 Å². The number of hydrogen-bond acceptors (Lipinski definition) is 5. The van der Waals surface area contributed by atoms with Crippen molar-refractivity contribution >= 4 is 23.2 Å². The summed E-state index contributed by atoms with van der Waals surface area (Å²) in [6, 6.07) is 7.66. The predicted molar refractivity (Wildman–Crippen MR) is 95.6 cm³/mol. The summed E-state index contributed by atoms with van der Waals surface area (Å²) in [5.74, 6) is -0.190. The van der Waals surface area contributed by atoms with Crippen molar-refractivity contribution in [3.05, 3.63) is 48.0 Å². The van der Waals surface area contributed by atoms with Gasteiger partial charge in [0.2, 0.25) is 5.91 Å². The Balaban J connectivity index is 1.75. The lowest BCUT2D eigenvalue weighted by atomic mass is 10.2. The van der Waals surface area contributed by atoms with Gasteiger partial charge in [0.15, 0.2) is 0 Å². The lowest BCUT2D eigenvalue weighted by Gasteiger charge is -2.36. The largest absolute Gasteiger partial charge is 0.366 e. The number of para-hydroxylation sites is 2. The van der Waals surface area contributed by atoms with Crippen LogP contribution in [0, 0.1) is 6.92 Å². The molecule has 0 atom stereocenters. The molecule has 7 nitrogen and oxygen atoms in total. The molecule has 1 N–H and O–H groups in total. The van der Waals surface area contributed by atoms with Crippen LogP contribution in [0.2, 0.25) is 0 Å². The van der Waals surface area contributed by atoms with Crippen molar-refractivity contribution < 1.29 is 9.59 Å². The number of benzene rings is 1. The molecule has 130 valence electrons. The minimum Gasteiger partial charge on any atom is -0.366 e. The molecule has 1 aliphatic rings. The number of amides is 2. The lowest BCUT2D eigenvalue weighted by Crippen LogP contribution is -2.48. The molecule has 3 rings (SSSR count). The van der Waals surface area contributed by atoms with Gasteiger partial charge in [-0.25, -0.2) is 4.98 Å². The highest BCUT2D eigenvalue weighted by atomic mass is 16.2. The van der Waals surface area contributed by atoms with Crippen LogP contribution < -0.4 is 10.2 Å². The van der Waals surface area contributed by atoms with E-state index >= 15 is 0 Å². The Morgan fingerprint density at radius 1 is 1.08 bits per heavy atom. The van der Waals surface area contributed by atoms with Crippen molar-refractivity contribution in [1.82, 2.24) is 14.9 Å². The minimum absolute atomic E-state index is 0.0965. The molecule has 1 fully saturated rings. The number of hydrogen-bond donors (Lipinski definition) is 1. The minimum atomic E-state index is -0.286. The molecule has 1 aliphatic heterocycles. The number of nitrogens with zero attached hydrogens (tertiary/aromatic N) is 4. The van der Waals surface area contributed by atoms with Crippen molar-refractivity contribution in [3.8, 4) is 0 Å². The Hall–Kier alpha value is -2.96. The molecule has 0 radical (unpaired) electrons. The Morgan fingerprint density at radius 3 is 2.48 bits per heavy atom. The zero-order valence-corrected chi connectivity index (χ0v) is 14.4. The van der Waals surface area contributed by atoms with E-state index < -0.39 is 0 Å². The summed E-state index contributed by atoms with van der Waals surface area (Å²) in [4.78, 5) is 36.2. The van der Waals surface area contributed by atoms with Crippen LogP contribution in [0.15, 0.2) is 36.7 Å². The van der Waals surface area contributed by atoms with Gasteiger partial charge < -0.3 is 15.1 Å². The maximum Gasteiger partial charge on any atom is 0.275 e. The molecule has 2 aromatic rings. The molecular formula is C18H21N5O2. The van der Waals surface area contributed by atoms with Crippen LogP contribution in [0.4, 0.5) is 11.4 Å². The number of aromatic nitrogens is 2. The summed E-state index contributed by atoms with van der Waals surface area (Å²) in [5.41, 5.74) is 2.66. The summed E-state index contributed by atoms with van der Waals surface area (Å²) < 4.78 is 0. The van der Waals surface area contributed by atoms with Crippen molar-refractivity contribution in [2.45, 2.75) is 13.8 Å². The topological polar surface area (TPSA) is 78.4 Å². The first-order valence-corrected chi connectivity index (χ1v) is 8.24. The number of piperazine rings is 1. The van der Waals surface area contributed by atoms with Crippen LogP contribution in [0.5, 0.6) is 0 Å². The fourth-order valence-corrected chi connectivity index (χ4v) is 2.88. The van der Waals surface area contributed by atoms with E-state index in [2.05, 4.69) is 20.2 Å². The molecule has 1 aromatic carbocycles. The fourth-order valence-electron chi connectivity index (χ4n) is 2.88. The third kappa shape index (κ3) is 3.93. The molecule has 1 aromatic heterocycles. The van der Waals surface area contributed by atoms with E-state index in [-0.39, 0.29) is 17.5 Å². The van der Waals surface area contributed by atoms with Gasteiger partial charge in [0.05, 0.1) is 23.3 Å². The molecular weight excluding hydrogens is 318 g/mol. The van der Waals surface area contributed by atoms with E-state index in [0.717, 1.165) is 24.5 Å². The Bertz CT molecular complexity index is 785. The number of nitrogens with one attached hydrogen (secondary N) is 1. The van der Waals surface area contributed by atoms with Gasteiger partial charge in [-0.1, -0.05) is 12.1 Å². The summed E-state index contributed by atoms with van der Waals surface area (Å²) in [7, 11) is 0. The second kappa shape index (κ2) is 7.29. The van der Waals surface area contributed by atoms with Crippen molar-refractivity contribution in [1.29, 1.82) is 0 Å². The molecule has 25 heavy (non-hydrogen) atoms. The maximum absolute atomic E-state index is 12.5. The van der Waals surface area contributed by atoms with E-state index in [1.807, 2.05) is 29.2 Å². The van der Waals surface area contributed by atoms with Crippen LogP contribution in [-0.4, -0.2) is 52.9 Å². The van der Waals surface area contributed by atoms with E-state index in [9.17, 15) is 9.59 Å². The van der Waals surface area contributed by atoms with Crippen LogP contribution in [0.3, 0.4) is 0 Å². The van der Waals surface area contributed by atoms with Crippen LogP contribution in [-0.2, 0) is 4.79 Å². The summed E-state index contributed by atoms with van der Waals surface area (Å²) in [6.07, 6.45) is 3.07. The SMILES string of the molecule is CC(=O)N1CCN(c2ccccc2NC(=O)c2cncc(C)n2)CC1. The predicted octanol–water partition coefficient (Wildman–Crippen LogP) is 1.71. The van der Waals surface area contributed by atoms with Crippen molar-refractivity contribution in [2.75, 3.05) is 36.4 Å². The second-order valence-electron chi connectivity index (χ2n) is 6.01. The lowest BCUT2D eigenvalue weighted by molar-refractivity contribution is -0.129. The normalized spacial score (nSPS) is 14.3. The second-order valence-corrected chi connectivity index (χ2v) is 6.01. The smallest absolute Gasteiger partial charge is 0.275 e. The van der Waals surface area contributed by atoms with Gasteiger partial charge in [-0.2, -0.15) is 0 Å². The van der Waals surface area contributed by atoms with Crippen molar-refractivity contribution in [2.24, 2.45) is 0 Å². The Kier molecular flexibility index (Phi) is 4.92. The van der Waals surface area contributed by atoms with Crippen LogP contribution >= 0.6 is 0 Å². The molecule has 0 aliphatic carbocycles. The van der Waals surface area contributed by atoms with Gasteiger partial charge in [-0.15, -0.1) is 0 Å². The zero-order valence-electron chi connectivity index (χ0n) is 14.4. The highest BCUT2D eigenvalue weighted by molar-refractivity contribution is 6.04. The quantitative estimate of drug-likeness (QED) is 0.921. The maximum atomic E-state index is 12.5. The van der Waals surface area contributed by atoms with Gasteiger partial charge in [0.25, 0.3) is 5.91 Å². The number of aryl methyl sites for hydroxylation is 1. The summed E-state index contributed by atoms with van der Waals surface area (Å²) >= 11 is 0. The molecule has 2 amide bonds. The third-order valence-electron chi connectivity index (χ3n) is 4.21. The monoisotopic (exact) mass is 339 g/mol.